The van der Waals surface area contributed by atoms with E-state index in [1.807, 2.05) is 61.5 Å². The maximum absolute atomic E-state index is 11.2. The largest absolute Gasteiger partial charge is 0.466 e. The van der Waals surface area contributed by atoms with Gasteiger partial charge in [0.1, 0.15) is 11.4 Å². The van der Waals surface area contributed by atoms with Gasteiger partial charge < -0.3 is 10.5 Å². The molecule has 4 rings (SSSR count). The highest BCUT2D eigenvalue weighted by Crippen LogP contribution is 2.62. The van der Waals surface area contributed by atoms with Gasteiger partial charge in [0.2, 0.25) is 5.44 Å². The summed E-state index contributed by atoms with van der Waals surface area (Å²) in [5.41, 5.74) is 7.01. The van der Waals surface area contributed by atoms with E-state index in [4.69, 9.17) is 10.5 Å². The van der Waals surface area contributed by atoms with Crippen LogP contribution in [0.4, 0.5) is 11.4 Å². The molecule has 7 heteroatoms. The predicted molar refractivity (Wildman–Crippen MR) is 110 cm³/mol. The van der Waals surface area contributed by atoms with Crippen LogP contribution in [0.25, 0.3) is 10.9 Å². The zero-order valence-electron chi connectivity index (χ0n) is 15.0. The van der Waals surface area contributed by atoms with Crippen molar-refractivity contribution < 1.29 is 13.8 Å². The summed E-state index contributed by atoms with van der Waals surface area (Å²) < 4.78 is 30.1. The van der Waals surface area contributed by atoms with Crippen LogP contribution >= 0.6 is 10.8 Å². The lowest BCUT2D eigenvalue weighted by Gasteiger charge is -2.53. The highest BCUT2D eigenvalue weighted by atomic mass is 32.3. The Morgan fingerprint density at radius 2 is 1.93 bits per heavy atom. The molecule has 0 radical (unpaired) electrons. The second-order valence-corrected chi connectivity index (χ2v) is 8.70. The molecule has 0 aliphatic carbocycles. The third kappa shape index (κ3) is 3.12. The number of fused-ring (bicyclic) bond motifs is 2. The zero-order valence-corrected chi connectivity index (χ0v) is 15.8. The summed E-state index contributed by atoms with van der Waals surface area (Å²) >= 11 is 0. The van der Waals surface area contributed by atoms with E-state index in [9.17, 15) is 9.11 Å². The average Bonchev–Trinajstić information content (AvgIpc) is 2.66. The summed E-state index contributed by atoms with van der Waals surface area (Å²) in [5, 5.41) is 0.931. The highest BCUT2D eigenvalue weighted by molar-refractivity contribution is 8.26. The van der Waals surface area contributed by atoms with Crippen LogP contribution in [-0.2, 0) is 0 Å². The molecule has 0 saturated heterocycles. The second kappa shape index (κ2) is 7.01. The molecule has 1 aliphatic rings. The minimum absolute atomic E-state index is 0.121. The lowest BCUT2D eigenvalue weighted by molar-refractivity contribution is 0.189. The standard InChI is InChI=1S/C20H23N3O3S/c1-14(10-11-21)20-26-19-9-5-4-8-18(19)23(27(20,24)25)16-12-15-6-2-3-7-17(15)22-13-16/h2-9,12-14,20,24-25H,10-11,21H2,1H3. The van der Waals surface area contributed by atoms with Crippen LogP contribution < -0.4 is 14.8 Å². The zero-order chi connectivity index (χ0) is 19.0. The quantitative estimate of drug-likeness (QED) is 0.601. The number of rotatable bonds is 4. The van der Waals surface area contributed by atoms with Gasteiger partial charge >= 0.3 is 0 Å². The van der Waals surface area contributed by atoms with E-state index in [1.165, 1.54) is 0 Å². The van der Waals surface area contributed by atoms with Crippen LogP contribution in [-0.4, -0.2) is 26.1 Å². The maximum Gasteiger partial charge on any atom is 0.209 e. The molecule has 2 atom stereocenters. The maximum atomic E-state index is 11.2. The number of ether oxygens (including phenoxy) is 1. The number of para-hydroxylation sites is 3. The number of pyridine rings is 1. The van der Waals surface area contributed by atoms with Crippen LogP contribution in [0.5, 0.6) is 5.75 Å². The smallest absolute Gasteiger partial charge is 0.209 e. The molecule has 2 aromatic carbocycles. The van der Waals surface area contributed by atoms with Crippen LogP contribution in [0.2, 0.25) is 0 Å². The van der Waals surface area contributed by atoms with E-state index in [0.29, 0.717) is 30.1 Å². The van der Waals surface area contributed by atoms with Gasteiger partial charge in [-0.25, -0.2) is 4.31 Å². The molecule has 2 heterocycles. The highest BCUT2D eigenvalue weighted by Gasteiger charge is 2.44. The van der Waals surface area contributed by atoms with Gasteiger partial charge in [0, 0.05) is 11.3 Å². The Hall–Kier alpha value is -2.32. The predicted octanol–water partition coefficient (Wildman–Crippen LogP) is 4.74. The molecule has 0 fully saturated rings. The Morgan fingerprint density at radius 1 is 1.19 bits per heavy atom. The molecule has 6 nitrogen and oxygen atoms in total. The van der Waals surface area contributed by atoms with Crippen LogP contribution in [0.15, 0.2) is 60.8 Å². The topological polar surface area (TPSA) is 91.8 Å². The van der Waals surface area contributed by atoms with Gasteiger partial charge in [0.05, 0.1) is 17.4 Å². The number of aromatic nitrogens is 1. The van der Waals surface area contributed by atoms with Gasteiger partial charge in [-0.05, 0) is 37.2 Å². The van der Waals surface area contributed by atoms with Crippen LogP contribution in [0, 0.1) is 5.92 Å². The molecule has 1 aromatic heterocycles. The van der Waals surface area contributed by atoms with Crippen molar-refractivity contribution in [3.63, 3.8) is 0 Å². The molecule has 0 spiro atoms. The van der Waals surface area contributed by atoms with Crippen LogP contribution in [0.3, 0.4) is 0 Å². The lowest BCUT2D eigenvalue weighted by atomic mass is 10.1. The Labute approximate surface area is 160 Å². The molecule has 0 bridgehead atoms. The summed E-state index contributed by atoms with van der Waals surface area (Å²) in [6.07, 6.45) is 2.30. The fourth-order valence-electron chi connectivity index (χ4n) is 3.45. The fraction of sp³-hybridized carbons (Fsp3) is 0.250. The van der Waals surface area contributed by atoms with Gasteiger partial charge in [-0.3, -0.25) is 14.1 Å². The van der Waals surface area contributed by atoms with E-state index in [0.717, 1.165) is 10.9 Å². The Kier molecular flexibility index (Phi) is 4.69. The first-order valence-electron chi connectivity index (χ1n) is 8.90. The van der Waals surface area contributed by atoms with Gasteiger partial charge in [-0.15, -0.1) is 0 Å². The number of nitrogens with zero attached hydrogens (tertiary/aromatic N) is 2. The van der Waals surface area contributed by atoms with Crippen molar-refractivity contribution in [2.75, 3.05) is 10.8 Å². The van der Waals surface area contributed by atoms with E-state index in [-0.39, 0.29) is 5.92 Å². The molecule has 0 saturated carbocycles. The second-order valence-electron chi connectivity index (χ2n) is 6.75. The first kappa shape index (κ1) is 18.1. The van der Waals surface area contributed by atoms with Gasteiger partial charge in [-0.1, -0.05) is 48.0 Å². The molecule has 3 aromatic rings. The van der Waals surface area contributed by atoms with E-state index in [1.54, 1.807) is 10.5 Å². The summed E-state index contributed by atoms with van der Waals surface area (Å²) in [4.78, 5) is 4.49. The average molecular weight is 385 g/mol. The van der Waals surface area contributed by atoms with Gasteiger partial charge in [0.25, 0.3) is 0 Å². The Bertz CT molecular complexity index is 966. The van der Waals surface area contributed by atoms with E-state index >= 15 is 0 Å². The summed E-state index contributed by atoms with van der Waals surface area (Å²) in [6.45, 7) is 2.38. The lowest BCUT2D eigenvalue weighted by Crippen LogP contribution is -2.43. The van der Waals surface area contributed by atoms with E-state index in [2.05, 4.69) is 4.98 Å². The Morgan fingerprint density at radius 3 is 2.74 bits per heavy atom. The third-order valence-corrected chi connectivity index (χ3v) is 6.93. The van der Waals surface area contributed by atoms with E-state index < -0.39 is 16.2 Å². The molecule has 27 heavy (non-hydrogen) atoms. The summed E-state index contributed by atoms with van der Waals surface area (Å²) in [7, 11) is -3.31. The van der Waals surface area contributed by atoms with Crippen molar-refractivity contribution in [2.45, 2.75) is 18.8 Å². The fourth-order valence-corrected chi connectivity index (χ4v) is 5.50. The molecule has 2 unspecified atom stereocenters. The molecular weight excluding hydrogens is 362 g/mol. The van der Waals surface area contributed by atoms with Gasteiger partial charge in [0.15, 0.2) is 0 Å². The minimum atomic E-state index is -3.31. The molecular formula is C20H23N3O3S. The molecule has 4 N–H and O–H groups in total. The number of hydrogen-bond donors (Lipinski definition) is 3. The van der Waals surface area contributed by atoms with Crippen molar-refractivity contribution in [1.82, 2.24) is 4.98 Å². The molecule has 1 aliphatic heterocycles. The van der Waals surface area contributed by atoms with Gasteiger partial charge in [-0.2, -0.15) is 0 Å². The number of hydrogen-bond acceptors (Lipinski definition) is 6. The first-order valence-corrected chi connectivity index (χ1v) is 10.5. The normalized spacial score (nSPS) is 20.6. The number of nitrogens with two attached hydrogens (primary N) is 1. The van der Waals surface area contributed by atoms with Crippen molar-refractivity contribution >= 4 is 33.1 Å². The SMILES string of the molecule is CC(CCN)C1Oc2ccccc2N(c2cnc3ccccc3c2)S1(O)O. The van der Waals surface area contributed by atoms with Crippen molar-refractivity contribution in [3.05, 3.63) is 60.8 Å². The Balaban J connectivity index is 1.87. The summed E-state index contributed by atoms with van der Waals surface area (Å²) in [6, 6.07) is 17.1. The van der Waals surface area contributed by atoms with Crippen molar-refractivity contribution in [1.29, 1.82) is 0 Å². The number of benzene rings is 2. The monoisotopic (exact) mass is 385 g/mol. The minimum Gasteiger partial charge on any atom is -0.466 e. The molecule has 142 valence electrons. The third-order valence-electron chi connectivity index (χ3n) is 4.80. The summed E-state index contributed by atoms with van der Waals surface area (Å²) in [5.74, 6) is 0.495. The first-order chi connectivity index (χ1) is 13.0. The number of anilines is 2. The molecule has 0 amide bonds. The van der Waals surface area contributed by atoms with Crippen LogP contribution in [0.1, 0.15) is 13.3 Å². The van der Waals surface area contributed by atoms with Crippen molar-refractivity contribution in [2.24, 2.45) is 11.7 Å². The van der Waals surface area contributed by atoms with Crippen molar-refractivity contribution in [3.8, 4) is 5.75 Å².